The third-order valence-corrected chi connectivity index (χ3v) is 3.41. The molecule has 0 fully saturated rings. The number of rotatable bonds is 7. The number of hydrogen-bond donors (Lipinski definition) is 2. The second kappa shape index (κ2) is 8.86. The van der Waals surface area contributed by atoms with Gasteiger partial charge in [-0.1, -0.05) is 26.2 Å². The molecule has 2 amide bonds. The molecule has 0 radical (unpaired) electrons. The summed E-state index contributed by atoms with van der Waals surface area (Å²) in [4.78, 5) is 12.8. The SMILES string of the molecule is CCCCCCNC(=O)Nc1ccc(SC)cc1. The van der Waals surface area contributed by atoms with Gasteiger partial charge in [-0.25, -0.2) is 4.79 Å². The lowest BCUT2D eigenvalue weighted by Gasteiger charge is -2.07. The first kappa shape index (κ1) is 14.9. The van der Waals surface area contributed by atoms with Gasteiger partial charge in [0.25, 0.3) is 0 Å². The van der Waals surface area contributed by atoms with E-state index in [4.69, 9.17) is 0 Å². The number of anilines is 1. The van der Waals surface area contributed by atoms with Gasteiger partial charge in [-0.15, -0.1) is 11.8 Å². The van der Waals surface area contributed by atoms with Crippen LogP contribution in [0.2, 0.25) is 0 Å². The second-order valence-electron chi connectivity index (χ2n) is 4.17. The minimum Gasteiger partial charge on any atom is -0.338 e. The normalized spacial score (nSPS) is 10.1. The molecule has 18 heavy (non-hydrogen) atoms. The fraction of sp³-hybridized carbons (Fsp3) is 0.500. The molecule has 2 N–H and O–H groups in total. The Hall–Kier alpha value is -1.16. The van der Waals surface area contributed by atoms with E-state index in [2.05, 4.69) is 17.6 Å². The van der Waals surface area contributed by atoms with E-state index in [1.165, 1.54) is 24.2 Å². The molecule has 0 aliphatic carbocycles. The van der Waals surface area contributed by atoms with E-state index in [1.54, 1.807) is 11.8 Å². The smallest absolute Gasteiger partial charge is 0.319 e. The van der Waals surface area contributed by atoms with Crippen LogP contribution in [0.5, 0.6) is 0 Å². The van der Waals surface area contributed by atoms with Crippen LogP contribution < -0.4 is 10.6 Å². The molecule has 0 atom stereocenters. The molecular weight excluding hydrogens is 244 g/mol. The quantitative estimate of drug-likeness (QED) is 0.576. The zero-order valence-corrected chi connectivity index (χ0v) is 12.0. The second-order valence-corrected chi connectivity index (χ2v) is 5.05. The lowest BCUT2D eigenvalue weighted by Crippen LogP contribution is -2.29. The van der Waals surface area contributed by atoms with Crippen LogP contribution in [0, 0.1) is 0 Å². The summed E-state index contributed by atoms with van der Waals surface area (Å²) in [5.74, 6) is 0. The van der Waals surface area contributed by atoms with Gasteiger partial charge in [0.15, 0.2) is 0 Å². The highest BCUT2D eigenvalue weighted by Crippen LogP contribution is 2.17. The molecule has 0 saturated carbocycles. The summed E-state index contributed by atoms with van der Waals surface area (Å²) in [7, 11) is 0. The highest BCUT2D eigenvalue weighted by atomic mass is 32.2. The molecule has 1 aromatic rings. The maximum absolute atomic E-state index is 11.6. The summed E-state index contributed by atoms with van der Waals surface area (Å²) in [6.07, 6.45) is 6.71. The molecular formula is C14H22N2OS. The summed E-state index contributed by atoms with van der Waals surface area (Å²) in [6, 6.07) is 7.72. The first-order valence-corrected chi connectivity index (χ1v) is 7.67. The molecule has 4 heteroatoms. The molecule has 0 aliphatic rings. The van der Waals surface area contributed by atoms with Crippen LogP contribution in [0.4, 0.5) is 10.5 Å². The van der Waals surface area contributed by atoms with Crippen molar-refractivity contribution in [1.29, 1.82) is 0 Å². The summed E-state index contributed by atoms with van der Waals surface area (Å²) in [5, 5.41) is 5.69. The summed E-state index contributed by atoms with van der Waals surface area (Å²) in [5.41, 5.74) is 0.832. The van der Waals surface area contributed by atoms with Gasteiger partial charge >= 0.3 is 6.03 Å². The van der Waals surface area contributed by atoms with Crippen LogP contribution in [-0.2, 0) is 0 Å². The molecule has 1 rings (SSSR count). The molecule has 0 heterocycles. The van der Waals surface area contributed by atoms with Crippen LogP contribution in [-0.4, -0.2) is 18.8 Å². The van der Waals surface area contributed by atoms with Crippen LogP contribution in [0.1, 0.15) is 32.6 Å². The van der Waals surface area contributed by atoms with E-state index in [1.807, 2.05) is 30.5 Å². The van der Waals surface area contributed by atoms with Crippen molar-refractivity contribution < 1.29 is 4.79 Å². The Kier molecular flexibility index (Phi) is 7.34. The number of nitrogens with one attached hydrogen (secondary N) is 2. The number of carbonyl (C=O) groups excluding carboxylic acids is 1. The van der Waals surface area contributed by atoms with E-state index in [0.29, 0.717) is 0 Å². The first-order valence-electron chi connectivity index (χ1n) is 6.45. The topological polar surface area (TPSA) is 41.1 Å². The maximum Gasteiger partial charge on any atom is 0.319 e. The zero-order chi connectivity index (χ0) is 13.2. The van der Waals surface area contributed by atoms with Crippen molar-refractivity contribution in [2.45, 2.75) is 37.5 Å². The number of benzene rings is 1. The molecule has 1 aromatic carbocycles. The van der Waals surface area contributed by atoms with Crippen molar-refractivity contribution in [3.8, 4) is 0 Å². The first-order chi connectivity index (χ1) is 8.76. The van der Waals surface area contributed by atoms with Crippen molar-refractivity contribution in [1.82, 2.24) is 5.32 Å². The number of hydrogen-bond acceptors (Lipinski definition) is 2. The largest absolute Gasteiger partial charge is 0.338 e. The molecule has 0 aromatic heterocycles. The van der Waals surface area contributed by atoms with Gasteiger partial charge in [0.1, 0.15) is 0 Å². The van der Waals surface area contributed by atoms with Crippen molar-refractivity contribution in [2.75, 3.05) is 18.1 Å². The van der Waals surface area contributed by atoms with Gasteiger partial charge < -0.3 is 10.6 Å². The van der Waals surface area contributed by atoms with Gasteiger partial charge in [-0.05, 0) is 36.9 Å². The minimum atomic E-state index is -0.122. The third-order valence-electron chi connectivity index (χ3n) is 2.66. The van der Waals surface area contributed by atoms with Crippen molar-refractivity contribution in [3.63, 3.8) is 0 Å². The summed E-state index contributed by atoms with van der Waals surface area (Å²) in [6.45, 7) is 2.92. The zero-order valence-electron chi connectivity index (χ0n) is 11.2. The Labute approximate surface area is 114 Å². The molecule has 0 saturated heterocycles. The van der Waals surface area contributed by atoms with Crippen molar-refractivity contribution >= 4 is 23.5 Å². The molecule has 100 valence electrons. The Morgan fingerprint density at radius 1 is 1.17 bits per heavy atom. The predicted molar refractivity (Wildman–Crippen MR) is 79.4 cm³/mol. The molecule has 0 spiro atoms. The average Bonchev–Trinajstić information content (AvgIpc) is 2.39. The Balaban J connectivity index is 2.22. The Morgan fingerprint density at radius 3 is 2.50 bits per heavy atom. The number of thioether (sulfide) groups is 1. The van der Waals surface area contributed by atoms with Crippen LogP contribution in [0.3, 0.4) is 0 Å². The summed E-state index contributed by atoms with van der Waals surface area (Å²) < 4.78 is 0. The van der Waals surface area contributed by atoms with Gasteiger partial charge in [0, 0.05) is 17.1 Å². The predicted octanol–water partition coefficient (Wildman–Crippen LogP) is 4.11. The van der Waals surface area contributed by atoms with Crippen molar-refractivity contribution in [2.24, 2.45) is 0 Å². The van der Waals surface area contributed by atoms with E-state index in [0.717, 1.165) is 18.7 Å². The summed E-state index contributed by atoms with van der Waals surface area (Å²) >= 11 is 1.69. The fourth-order valence-electron chi connectivity index (χ4n) is 1.60. The van der Waals surface area contributed by atoms with Gasteiger partial charge in [-0.3, -0.25) is 0 Å². The highest BCUT2D eigenvalue weighted by molar-refractivity contribution is 7.98. The monoisotopic (exact) mass is 266 g/mol. The van der Waals surface area contributed by atoms with E-state index in [-0.39, 0.29) is 6.03 Å². The Bertz CT molecular complexity index is 351. The minimum absolute atomic E-state index is 0.122. The fourth-order valence-corrected chi connectivity index (χ4v) is 2.01. The maximum atomic E-state index is 11.6. The van der Waals surface area contributed by atoms with Crippen molar-refractivity contribution in [3.05, 3.63) is 24.3 Å². The lowest BCUT2D eigenvalue weighted by molar-refractivity contribution is 0.252. The number of unbranched alkanes of at least 4 members (excludes halogenated alkanes) is 3. The molecule has 3 nitrogen and oxygen atoms in total. The molecule has 0 unspecified atom stereocenters. The van der Waals surface area contributed by atoms with Crippen LogP contribution >= 0.6 is 11.8 Å². The molecule has 0 aliphatic heterocycles. The van der Waals surface area contributed by atoms with Crippen LogP contribution in [0.25, 0.3) is 0 Å². The van der Waals surface area contributed by atoms with E-state index in [9.17, 15) is 4.79 Å². The van der Waals surface area contributed by atoms with Gasteiger partial charge in [-0.2, -0.15) is 0 Å². The van der Waals surface area contributed by atoms with E-state index < -0.39 is 0 Å². The Morgan fingerprint density at radius 2 is 1.89 bits per heavy atom. The van der Waals surface area contributed by atoms with Gasteiger partial charge in [0.2, 0.25) is 0 Å². The highest BCUT2D eigenvalue weighted by Gasteiger charge is 2.00. The van der Waals surface area contributed by atoms with E-state index >= 15 is 0 Å². The third kappa shape index (κ3) is 5.96. The lowest BCUT2D eigenvalue weighted by atomic mass is 10.2. The number of urea groups is 1. The average molecular weight is 266 g/mol. The number of amides is 2. The molecule has 0 bridgehead atoms. The standard InChI is InChI=1S/C14H22N2OS/c1-3-4-5-6-11-15-14(17)16-12-7-9-13(18-2)10-8-12/h7-10H,3-6,11H2,1-2H3,(H2,15,16,17). The van der Waals surface area contributed by atoms with Gasteiger partial charge in [0.05, 0.1) is 0 Å². The number of carbonyl (C=O) groups is 1. The van der Waals surface area contributed by atoms with Crippen LogP contribution in [0.15, 0.2) is 29.2 Å².